The van der Waals surface area contributed by atoms with Gasteiger partial charge in [-0.15, -0.1) is 0 Å². The van der Waals surface area contributed by atoms with Gasteiger partial charge < -0.3 is 9.29 Å². The Bertz CT molecular complexity index is 1300. The predicted molar refractivity (Wildman–Crippen MR) is 135 cm³/mol. The molecule has 0 bridgehead atoms. The zero-order chi connectivity index (χ0) is 24.1. The summed E-state index contributed by atoms with van der Waals surface area (Å²) in [5.41, 5.74) is 3.83. The van der Waals surface area contributed by atoms with Gasteiger partial charge in [0.1, 0.15) is 5.75 Å². The number of carbonyl (C=O) groups is 2. The predicted octanol–water partition coefficient (Wildman–Crippen LogP) is 4.66. The van der Waals surface area contributed by atoms with Gasteiger partial charge in [0.05, 0.1) is 35.8 Å². The first-order chi connectivity index (χ1) is 16.5. The van der Waals surface area contributed by atoms with Crippen molar-refractivity contribution in [2.45, 2.75) is 11.8 Å². The normalized spacial score (nSPS) is 12.7. The number of amides is 1. The van der Waals surface area contributed by atoms with Gasteiger partial charge in [0.25, 0.3) is 0 Å². The second-order valence-corrected chi connectivity index (χ2v) is 9.17. The van der Waals surface area contributed by atoms with Crippen molar-refractivity contribution in [3.05, 3.63) is 96.1 Å². The lowest BCUT2D eigenvalue weighted by Crippen LogP contribution is -2.35. The highest BCUT2D eigenvalue weighted by Crippen LogP contribution is 2.40. The molecule has 2 unspecified atom stereocenters. The van der Waals surface area contributed by atoms with Crippen LogP contribution in [0.2, 0.25) is 0 Å². The second kappa shape index (κ2) is 10.5. The van der Waals surface area contributed by atoms with Crippen LogP contribution in [-0.4, -0.2) is 35.3 Å². The molecule has 2 atom stereocenters. The number of methoxy groups -OCH3 is 1. The monoisotopic (exact) mass is 472 g/mol. The molecule has 1 amide bonds. The summed E-state index contributed by atoms with van der Waals surface area (Å²) in [6.07, 6.45) is 2.24. The van der Waals surface area contributed by atoms with Crippen LogP contribution in [-0.2, 0) is 31.3 Å². The number of aromatic nitrogens is 1. The first kappa shape index (κ1) is 23.5. The number of benzene rings is 3. The van der Waals surface area contributed by atoms with E-state index in [0.717, 1.165) is 5.56 Å². The summed E-state index contributed by atoms with van der Waals surface area (Å²) in [6.45, 7) is 0. The molecule has 3 aromatic carbocycles. The highest BCUT2D eigenvalue weighted by Gasteiger charge is 2.33. The topological polar surface area (TPSA) is 82.6 Å². The van der Waals surface area contributed by atoms with Crippen molar-refractivity contribution >= 4 is 40.1 Å². The molecule has 0 spiro atoms. The lowest BCUT2D eigenvalue weighted by atomic mass is 9.98. The second-order valence-electron chi connectivity index (χ2n) is 7.74. The fourth-order valence-corrected chi connectivity index (χ4v) is 4.78. The molecule has 0 fully saturated rings. The molecule has 4 aromatic rings. The van der Waals surface area contributed by atoms with Gasteiger partial charge in [-0.25, -0.2) is 9.78 Å². The Hall–Kier alpha value is -3.68. The minimum atomic E-state index is -1.24. The number of ether oxygens (including phenoxy) is 1. The van der Waals surface area contributed by atoms with Crippen molar-refractivity contribution in [2.75, 3.05) is 18.3 Å². The van der Waals surface area contributed by atoms with Crippen LogP contribution in [0.25, 0.3) is 22.2 Å². The molecule has 34 heavy (non-hydrogen) atoms. The molecular formula is C27H24N2O4S. The summed E-state index contributed by atoms with van der Waals surface area (Å²) in [6, 6.07) is 24.9. The van der Waals surface area contributed by atoms with Crippen molar-refractivity contribution in [3.8, 4) is 11.3 Å². The first-order valence-corrected chi connectivity index (χ1v) is 12.4. The van der Waals surface area contributed by atoms with Crippen molar-refractivity contribution in [1.29, 1.82) is 0 Å². The van der Waals surface area contributed by atoms with E-state index >= 15 is 0 Å². The average molecular weight is 473 g/mol. The van der Waals surface area contributed by atoms with Crippen molar-refractivity contribution < 1.29 is 18.9 Å². The number of hydrogen-bond acceptors (Lipinski definition) is 5. The van der Waals surface area contributed by atoms with Gasteiger partial charge in [0.15, 0.2) is 6.04 Å². The molecule has 172 valence electrons. The van der Waals surface area contributed by atoms with E-state index in [1.54, 1.807) is 30.5 Å². The molecule has 7 heteroatoms. The molecule has 0 radical (unpaired) electrons. The van der Waals surface area contributed by atoms with Crippen molar-refractivity contribution in [1.82, 2.24) is 4.98 Å². The summed E-state index contributed by atoms with van der Waals surface area (Å²) in [5, 5.41) is 0.680. The SMILES string of the molecule is COC(=O)C(c1ccccc1)N(C=O)c1c(C[S+](C)[O-])c(-c2ccccc2)nc2ccccc12. The van der Waals surface area contributed by atoms with E-state index in [9.17, 15) is 14.1 Å². The third-order valence-corrected chi connectivity index (χ3v) is 6.24. The van der Waals surface area contributed by atoms with E-state index in [1.807, 2.05) is 60.7 Å². The van der Waals surface area contributed by atoms with Crippen LogP contribution in [0.1, 0.15) is 17.2 Å². The Labute approximate surface area is 201 Å². The molecule has 1 aromatic heterocycles. The number of rotatable bonds is 8. The molecule has 0 saturated heterocycles. The number of nitrogens with zero attached hydrogens (tertiary/aromatic N) is 2. The summed E-state index contributed by atoms with van der Waals surface area (Å²) in [5.74, 6) is -0.422. The minimum Gasteiger partial charge on any atom is -0.616 e. The first-order valence-electron chi connectivity index (χ1n) is 10.7. The Morgan fingerprint density at radius 1 is 1.03 bits per heavy atom. The Morgan fingerprint density at radius 3 is 2.26 bits per heavy atom. The lowest BCUT2D eigenvalue weighted by Gasteiger charge is -2.30. The maximum atomic E-state index is 13.0. The van der Waals surface area contributed by atoms with Crippen LogP contribution in [0.5, 0.6) is 0 Å². The van der Waals surface area contributed by atoms with E-state index < -0.39 is 23.2 Å². The Balaban J connectivity index is 2.07. The van der Waals surface area contributed by atoms with Gasteiger partial charge in [-0.1, -0.05) is 90.0 Å². The van der Waals surface area contributed by atoms with E-state index in [2.05, 4.69) is 0 Å². The summed E-state index contributed by atoms with van der Waals surface area (Å²) < 4.78 is 17.6. The van der Waals surface area contributed by atoms with Gasteiger partial charge >= 0.3 is 5.97 Å². The third kappa shape index (κ3) is 4.66. The van der Waals surface area contributed by atoms with Crippen LogP contribution in [0, 0.1) is 0 Å². The zero-order valence-corrected chi connectivity index (χ0v) is 19.7. The molecule has 0 aliphatic carbocycles. The van der Waals surface area contributed by atoms with E-state index in [-0.39, 0.29) is 5.75 Å². The number of anilines is 1. The quantitative estimate of drug-likeness (QED) is 0.212. The van der Waals surface area contributed by atoms with Crippen molar-refractivity contribution in [2.24, 2.45) is 0 Å². The number of hydrogen-bond donors (Lipinski definition) is 0. The fraction of sp³-hybridized carbons (Fsp3) is 0.148. The fourth-order valence-electron chi connectivity index (χ4n) is 4.10. The molecule has 6 nitrogen and oxygen atoms in total. The Morgan fingerprint density at radius 2 is 1.65 bits per heavy atom. The largest absolute Gasteiger partial charge is 0.616 e. The number of para-hydroxylation sites is 1. The molecule has 1 heterocycles. The standard InChI is InChI=1S/C27H24N2O4S/c1-33-27(31)25(20-13-7-4-8-14-20)29(18-30)26-21-15-9-10-16-23(21)28-24(22(26)17-34(2)32)19-11-5-3-6-12-19/h3-16,18,25H,17H2,1-2H3. The van der Waals surface area contributed by atoms with Crippen LogP contribution >= 0.6 is 0 Å². The molecule has 4 rings (SSSR count). The van der Waals surface area contributed by atoms with Gasteiger partial charge in [-0.2, -0.15) is 0 Å². The minimum absolute atomic E-state index is 0.157. The van der Waals surface area contributed by atoms with Gasteiger partial charge in [-0.3, -0.25) is 9.69 Å². The van der Waals surface area contributed by atoms with Crippen LogP contribution < -0.4 is 4.90 Å². The third-order valence-electron chi connectivity index (χ3n) is 5.55. The van der Waals surface area contributed by atoms with Crippen LogP contribution in [0.15, 0.2) is 84.9 Å². The molecule has 0 aliphatic rings. The number of carbonyl (C=O) groups excluding carboxylic acids is 2. The maximum absolute atomic E-state index is 13.0. The number of esters is 1. The lowest BCUT2D eigenvalue weighted by molar-refractivity contribution is -0.143. The average Bonchev–Trinajstić information content (AvgIpc) is 2.87. The molecule has 0 N–H and O–H groups in total. The molecular weight excluding hydrogens is 448 g/mol. The summed E-state index contributed by atoms with van der Waals surface area (Å²) in [7, 11) is 1.29. The van der Waals surface area contributed by atoms with Crippen LogP contribution in [0.4, 0.5) is 5.69 Å². The number of fused-ring (bicyclic) bond motifs is 1. The number of pyridine rings is 1. The maximum Gasteiger partial charge on any atom is 0.333 e. The molecule has 0 aliphatic heterocycles. The van der Waals surface area contributed by atoms with E-state index in [0.29, 0.717) is 39.8 Å². The summed E-state index contributed by atoms with van der Waals surface area (Å²) in [4.78, 5) is 32.0. The summed E-state index contributed by atoms with van der Waals surface area (Å²) >= 11 is -1.24. The van der Waals surface area contributed by atoms with E-state index in [4.69, 9.17) is 9.72 Å². The Kier molecular flexibility index (Phi) is 7.25. The van der Waals surface area contributed by atoms with Crippen molar-refractivity contribution in [3.63, 3.8) is 0 Å². The molecule has 0 saturated carbocycles. The van der Waals surface area contributed by atoms with E-state index in [1.165, 1.54) is 12.0 Å². The van der Waals surface area contributed by atoms with Gasteiger partial charge in [0, 0.05) is 10.9 Å². The highest BCUT2D eigenvalue weighted by atomic mass is 32.2. The van der Waals surface area contributed by atoms with Gasteiger partial charge in [0.2, 0.25) is 6.41 Å². The van der Waals surface area contributed by atoms with Crippen LogP contribution in [0.3, 0.4) is 0 Å². The van der Waals surface area contributed by atoms with Gasteiger partial charge in [-0.05, 0) is 11.6 Å². The zero-order valence-electron chi connectivity index (χ0n) is 18.9. The smallest absolute Gasteiger partial charge is 0.333 e. The highest BCUT2D eigenvalue weighted by molar-refractivity contribution is 7.89.